The van der Waals surface area contributed by atoms with Crippen molar-refractivity contribution in [1.82, 2.24) is 53.2 Å². The number of carbonyl (C=O) groups is 12. The van der Waals surface area contributed by atoms with Crippen molar-refractivity contribution in [2.24, 2.45) is 23.3 Å². The highest BCUT2D eigenvalue weighted by molar-refractivity contribution is 6.31. The van der Waals surface area contributed by atoms with E-state index in [1.807, 2.05) is 6.92 Å². The van der Waals surface area contributed by atoms with E-state index in [9.17, 15) is 67.7 Å². The molecule has 0 aromatic heterocycles. The zero-order valence-electron chi connectivity index (χ0n) is 48.4. The summed E-state index contributed by atoms with van der Waals surface area (Å²) in [6.07, 6.45) is -0.697. The van der Waals surface area contributed by atoms with Crippen LogP contribution in [0, 0.1) is 11.8 Å². The third-order valence-electron chi connectivity index (χ3n) is 13.1. The van der Waals surface area contributed by atoms with Gasteiger partial charge in [0.1, 0.15) is 60.1 Å². The minimum atomic E-state index is -1.87. The zero-order valence-corrected chi connectivity index (χ0v) is 49.1. The Morgan fingerprint density at radius 2 is 0.939 bits per heavy atom. The Morgan fingerprint density at radius 1 is 0.549 bits per heavy atom. The molecule has 1 aliphatic rings. The quantitative estimate of drug-likeness (QED) is 0.0561. The Morgan fingerprint density at radius 3 is 1.41 bits per heavy atom. The highest BCUT2D eigenvalue weighted by Crippen LogP contribution is 2.23. The SMILES string of the molecule is CCCCCCCC[C@H]1NC(=O)[C@@H](CC(C)C)NC(=O)[C@H]([C@@H](C)O)NC(=O)[C@@H](CC(C)C)NC(=O)[C@@H](CC(N)=O)NC(=O)[C@H](CC(N)=O)NC(=O)[C@H](C)NC(=O)[C@H]([C@@H](C)O)NC(=O)[C@H](CCCNC(=O)c2cc(Cl)ccc2OC)NC1=O. The summed E-state index contributed by atoms with van der Waals surface area (Å²) in [6, 6.07) is -10.3. The van der Waals surface area contributed by atoms with E-state index >= 15 is 0 Å². The third kappa shape index (κ3) is 24.9. The van der Waals surface area contributed by atoms with Gasteiger partial charge in [-0.05, 0) is 82.9 Å². The average Bonchev–Trinajstić information content (AvgIpc) is 3.39. The summed E-state index contributed by atoms with van der Waals surface area (Å²) in [5, 5.41) is 46.8. The lowest BCUT2D eigenvalue weighted by molar-refractivity contribution is -0.138. The number of nitrogens with two attached hydrogens (primary N) is 2. The summed E-state index contributed by atoms with van der Waals surface area (Å²) in [5.41, 5.74) is 11.0. The lowest BCUT2D eigenvalue weighted by atomic mass is 9.99. The van der Waals surface area contributed by atoms with Gasteiger partial charge in [0.25, 0.3) is 5.91 Å². The number of halogens is 1. The molecule has 16 N–H and O–H groups in total. The molecule has 1 saturated heterocycles. The summed E-state index contributed by atoms with van der Waals surface area (Å²) in [5.74, 6) is -12.7. The Labute approximate surface area is 483 Å². The summed E-state index contributed by atoms with van der Waals surface area (Å²) >= 11 is 6.15. The van der Waals surface area contributed by atoms with Crippen molar-refractivity contribution in [3.63, 3.8) is 0 Å². The van der Waals surface area contributed by atoms with Gasteiger partial charge in [-0.15, -0.1) is 0 Å². The molecule has 0 unspecified atom stereocenters. The smallest absolute Gasteiger partial charge is 0.255 e. The lowest BCUT2D eigenvalue weighted by Gasteiger charge is -2.29. The van der Waals surface area contributed by atoms with Gasteiger partial charge >= 0.3 is 0 Å². The fourth-order valence-electron chi connectivity index (χ4n) is 8.69. The number of carbonyl (C=O) groups excluding carboxylic acids is 12. The second-order valence-corrected chi connectivity index (χ2v) is 21.9. The molecular weight excluding hydrogens is 1090 g/mol. The number of unbranched alkanes of at least 4 members (excludes halogenated alkanes) is 5. The molecule has 28 heteroatoms. The van der Waals surface area contributed by atoms with Gasteiger partial charge in [-0.3, -0.25) is 57.5 Å². The van der Waals surface area contributed by atoms with Crippen molar-refractivity contribution >= 4 is 82.5 Å². The minimum Gasteiger partial charge on any atom is -0.496 e. The van der Waals surface area contributed by atoms with Crippen LogP contribution in [0.25, 0.3) is 0 Å². The van der Waals surface area contributed by atoms with Crippen molar-refractivity contribution in [3.05, 3.63) is 28.8 Å². The maximum Gasteiger partial charge on any atom is 0.255 e. The first kappa shape index (κ1) is 71.0. The number of benzene rings is 1. The first-order valence-electron chi connectivity index (χ1n) is 27.8. The number of amides is 12. The topological polar surface area (TPSA) is 427 Å². The average molecular weight is 1180 g/mol. The maximum atomic E-state index is 14.6. The van der Waals surface area contributed by atoms with Gasteiger partial charge in [-0.2, -0.15) is 0 Å². The fourth-order valence-corrected chi connectivity index (χ4v) is 8.86. The van der Waals surface area contributed by atoms with Crippen LogP contribution in [-0.4, -0.2) is 161 Å². The molecule has 12 amide bonds. The third-order valence-corrected chi connectivity index (χ3v) is 13.3. The molecule has 0 radical (unpaired) electrons. The summed E-state index contributed by atoms with van der Waals surface area (Å²) < 4.78 is 5.30. The van der Waals surface area contributed by atoms with Crippen LogP contribution in [0.15, 0.2) is 18.2 Å². The first-order chi connectivity index (χ1) is 38.5. The molecular formula is C54H87ClN12O15. The molecule has 1 aliphatic heterocycles. The second-order valence-electron chi connectivity index (χ2n) is 21.5. The number of hydrogen-bond acceptors (Lipinski definition) is 15. The number of aliphatic hydroxyl groups is 2. The molecule has 27 nitrogen and oxygen atoms in total. The molecule has 1 aromatic carbocycles. The predicted molar refractivity (Wildman–Crippen MR) is 301 cm³/mol. The van der Waals surface area contributed by atoms with Crippen LogP contribution in [0.2, 0.25) is 5.02 Å². The molecule has 1 heterocycles. The number of rotatable bonds is 23. The van der Waals surface area contributed by atoms with Crippen molar-refractivity contribution in [3.8, 4) is 5.75 Å². The van der Waals surface area contributed by atoms with Gasteiger partial charge in [0.05, 0.1) is 37.7 Å². The molecule has 0 spiro atoms. The van der Waals surface area contributed by atoms with Crippen LogP contribution in [0.1, 0.15) is 149 Å². The van der Waals surface area contributed by atoms with Crippen molar-refractivity contribution in [2.75, 3.05) is 13.7 Å². The van der Waals surface area contributed by atoms with Crippen molar-refractivity contribution in [1.29, 1.82) is 0 Å². The van der Waals surface area contributed by atoms with E-state index in [4.69, 9.17) is 27.8 Å². The van der Waals surface area contributed by atoms with Crippen LogP contribution < -0.4 is 69.4 Å². The van der Waals surface area contributed by atoms with Crippen molar-refractivity contribution in [2.45, 2.75) is 205 Å². The number of aliphatic hydroxyl groups excluding tert-OH is 2. The molecule has 82 heavy (non-hydrogen) atoms. The first-order valence-corrected chi connectivity index (χ1v) is 28.1. The minimum absolute atomic E-state index is 0.000564. The Hall–Kier alpha value is -7.13. The monoisotopic (exact) mass is 1180 g/mol. The number of methoxy groups -OCH3 is 1. The van der Waals surface area contributed by atoms with E-state index in [-0.39, 0.29) is 66.8 Å². The molecule has 1 aromatic rings. The van der Waals surface area contributed by atoms with Crippen LogP contribution >= 0.6 is 11.6 Å². The van der Waals surface area contributed by atoms with Crippen LogP contribution in [0.3, 0.4) is 0 Å². The number of hydrogen-bond donors (Lipinski definition) is 14. The zero-order chi connectivity index (χ0) is 62.0. The lowest BCUT2D eigenvalue weighted by Crippen LogP contribution is -2.62. The maximum absolute atomic E-state index is 14.6. The van der Waals surface area contributed by atoms with Gasteiger partial charge in [0.15, 0.2) is 0 Å². The largest absolute Gasteiger partial charge is 0.496 e. The Bertz CT molecular complexity index is 2390. The van der Waals surface area contributed by atoms with Crippen LogP contribution in [-0.2, 0) is 52.7 Å². The van der Waals surface area contributed by atoms with Gasteiger partial charge in [0.2, 0.25) is 65.0 Å². The molecule has 0 saturated carbocycles. The molecule has 460 valence electrons. The van der Waals surface area contributed by atoms with Gasteiger partial charge in [0, 0.05) is 11.6 Å². The standard InChI is InChI=1S/C54H87ClN12O15/c1-10-11-12-13-14-15-17-34-47(74)60-35(18-16-21-58-46(73)33-24-32(55)19-20-40(33)82-9)48(75)66-43(30(7)68)53(80)59-29(6)45(72)62-38(25-41(56)70)50(77)64-39(26-42(57)71)51(78)63-37(23-28(4)5)52(79)67-44(31(8)69)54(81)65-36(22-27(2)3)49(76)61-34/h19-20,24,27-31,34-39,43-44,68-69H,10-18,21-23,25-26H2,1-9H3,(H2,56,70)(H2,57,71)(H,58,73)(H,59,80)(H,60,74)(H,61,76)(H,62,72)(H,63,78)(H,64,77)(H,65,81)(H,66,75)(H,67,79)/t29-,30+,31+,34+,35-,36+,37+,38-,39+,43-,44-/m0/s1. The number of nitrogens with one attached hydrogen (secondary N) is 10. The molecule has 1 fully saturated rings. The van der Waals surface area contributed by atoms with Crippen LogP contribution in [0.4, 0.5) is 0 Å². The normalized spacial score (nSPS) is 24.2. The summed E-state index contributed by atoms with van der Waals surface area (Å²) in [7, 11) is 1.36. The van der Waals surface area contributed by atoms with E-state index in [0.29, 0.717) is 12.8 Å². The summed E-state index contributed by atoms with van der Waals surface area (Å²) in [4.78, 5) is 165. The number of primary amides is 2. The van der Waals surface area contributed by atoms with E-state index in [1.54, 1.807) is 27.7 Å². The molecule has 0 aliphatic carbocycles. The van der Waals surface area contributed by atoms with E-state index < -0.39 is 150 Å². The van der Waals surface area contributed by atoms with E-state index in [1.165, 1.54) is 32.2 Å². The van der Waals surface area contributed by atoms with Crippen molar-refractivity contribution < 1.29 is 72.5 Å². The molecule has 11 atom stereocenters. The van der Waals surface area contributed by atoms with E-state index in [0.717, 1.165) is 39.5 Å². The Balaban J connectivity index is 2.83. The fraction of sp³-hybridized carbons (Fsp3) is 0.667. The van der Waals surface area contributed by atoms with E-state index in [2.05, 4.69) is 53.2 Å². The highest BCUT2D eigenvalue weighted by Gasteiger charge is 2.38. The van der Waals surface area contributed by atoms with Gasteiger partial charge in [-0.1, -0.05) is 84.7 Å². The molecule has 2 rings (SSSR count). The molecule has 0 bridgehead atoms. The van der Waals surface area contributed by atoms with Gasteiger partial charge < -0.3 is 79.6 Å². The number of ether oxygens (including phenoxy) is 1. The highest BCUT2D eigenvalue weighted by atomic mass is 35.5. The second kappa shape index (κ2) is 35.7. The van der Waals surface area contributed by atoms with Gasteiger partial charge in [-0.25, -0.2) is 0 Å². The predicted octanol–water partition coefficient (Wildman–Crippen LogP) is -1.39. The van der Waals surface area contributed by atoms with Crippen LogP contribution in [0.5, 0.6) is 5.75 Å². The summed E-state index contributed by atoms with van der Waals surface area (Å²) in [6.45, 7) is 12.3. The Kier molecular flexibility index (Phi) is 30.9.